The molecule has 1 aromatic rings. The second-order valence-electron chi connectivity index (χ2n) is 6.91. The highest BCUT2D eigenvalue weighted by Crippen LogP contribution is 2.24. The van der Waals surface area contributed by atoms with E-state index in [4.69, 9.17) is 5.73 Å². The summed E-state index contributed by atoms with van der Waals surface area (Å²) in [4.78, 5) is 2.35. The Hall–Kier alpha value is -1.02. The first-order chi connectivity index (χ1) is 8.73. The Morgan fingerprint density at radius 2 is 1.89 bits per heavy atom. The molecule has 1 aromatic carbocycles. The van der Waals surface area contributed by atoms with Gasteiger partial charge in [0.2, 0.25) is 0 Å². The summed E-state index contributed by atoms with van der Waals surface area (Å²) in [5.74, 6) is 0. The van der Waals surface area contributed by atoms with Crippen molar-refractivity contribution in [3.8, 4) is 0 Å². The van der Waals surface area contributed by atoms with Crippen molar-refractivity contribution >= 4 is 5.69 Å². The van der Waals surface area contributed by atoms with E-state index in [1.165, 1.54) is 16.8 Å². The summed E-state index contributed by atoms with van der Waals surface area (Å²) in [5.41, 5.74) is 10.3. The molecule has 0 saturated heterocycles. The van der Waals surface area contributed by atoms with E-state index in [1.54, 1.807) is 0 Å². The molecule has 0 aromatic heterocycles. The summed E-state index contributed by atoms with van der Waals surface area (Å²) in [6.45, 7) is 12.2. The zero-order chi connectivity index (χ0) is 14.6. The van der Waals surface area contributed by atoms with Crippen LogP contribution in [0, 0.1) is 12.3 Å². The van der Waals surface area contributed by atoms with E-state index in [9.17, 15) is 0 Å². The molecule has 19 heavy (non-hydrogen) atoms. The first-order valence-corrected chi connectivity index (χ1v) is 7.29. The van der Waals surface area contributed by atoms with Crippen molar-refractivity contribution in [1.82, 2.24) is 0 Å². The molecule has 0 aliphatic carbocycles. The second-order valence-corrected chi connectivity index (χ2v) is 6.91. The highest BCUT2D eigenvalue weighted by molar-refractivity contribution is 5.54. The molecule has 1 atom stereocenters. The van der Waals surface area contributed by atoms with Crippen molar-refractivity contribution < 1.29 is 0 Å². The monoisotopic (exact) mass is 262 g/mol. The number of hydrogen-bond donors (Lipinski definition) is 1. The van der Waals surface area contributed by atoms with Crippen LogP contribution in [0.1, 0.15) is 45.2 Å². The maximum Gasteiger partial charge on any atom is 0.0393 e. The van der Waals surface area contributed by atoms with Gasteiger partial charge in [-0.1, -0.05) is 39.8 Å². The SMILES string of the molecule is CCC(N)Cc1ccc(N(C)CC(C)(C)C)c(C)c1. The summed E-state index contributed by atoms with van der Waals surface area (Å²) in [6.07, 6.45) is 2.01. The Balaban J connectivity index is 2.82. The van der Waals surface area contributed by atoms with Gasteiger partial charge in [-0.3, -0.25) is 0 Å². The van der Waals surface area contributed by atoms with Crippen molar-refractivity contribution in [2.75, 3.05) is 18.5 Å². The summed E-state index contributed by atoms with van der Waals surface area (Å²) in [5, 5.41) is 0. The molecular formula is C17H30N2. The summed E-state index contributed by atoms with van der Waals surface area (Å²) < 4.78 is 0. The summed E-state index contributed by atoms with van der Waals surface area (Å²) >= 11 is 0. The van der Waals surface area contributed by atoms with Crippen LogP contribution in [0.4, 0.5) is 5.69 Å². The molecule has 0 aliphatic heterocycles. The number of nitrogens with zero attached hydrogens (tertiary/aromatic N) is 1. The number of aryl methyl sites for hydroxylation is 1. The minimum atomic E-state index is 0.276. The third kappa shape index (κ3) is 5.23. The Morgan fingerprint density at radius 1 is 1.26 bits per heavy atom. The van der Waals surface area contributed by atoms with Crippen LogP contribution in [-0.4, -0.2) is 19.6 Å². The zero-order valence-corrected chi connectivity index (χ0v) is 13.5. The molecule has 2 N–H and O–H groups in total. The van der Waals surface area contributed by atoms with Crippen molar-refractivity contribution in [3.63, 3.8) is 0 Å². The maximum absolute atomic E-state index is 6.03. The van der Waals surface area contributed by atoms with Gasteiger partial charge in [0.15, 0.2) is 0 Å². The van der Waals surface area contributed by atoms with Gasteiger partial charge in [-0.25, -0.2) is 0 Å². The largest absolute Gasteiger partial charge is 0.374 e. The Kier molecular flexibility index (Phi) is 5.42. The summed E-state index contributed by atoms with van der Waals surface area (Å²) in [6, 6.07) is 7.01. The second kappa shape index (κ2) is 6.42. The third-order valence-electron chi connectivity index (χ3n) is 3.41. The number of nitrogens with two attached hydrogens (primary N) is 1. The lowest BCUT2D eigenvalue weighted by atomic mass is 9.95. The molecule has 108 valence electrons. The molecule has 0 aliphatic rings. The molecule has 1 rings (SSSR count). The lowest BCUT2D eigenvalue weighted by molar-refractivity contribution is 0.419. The number of rotatable bonds is 5. The number of benzene rings is 1. The smallest absolute Gasteiger partial charge is 0.0393 e. The highest BCUT2D eigenvalue weighted by atomic mass is 15.1. The standard InChI is InChI=1S/C17H30N2/c1-7-15(18)11-14-8-9-16(13(2)10-14)19(6)12-17(3,4)5/h8-10,15H,7,11-12,18H2,1-6H3. The van der Waals surface area contributed by atoms with Gasteiger partial charge in [0, 0.05) is 25.3 Å². The maximum atomic E-state index is 6.03. The Labute approximate surface area is 119 Å². The minimum Gasteiger partial charge on any atom is -0.374 e. The minimum absolute atomic E-state index is 0.276. The Bertz CT molecular complexity index is 404. The molecule has 0 fully saturated rings. The van der Waals surface area contributed by atoms with Crippen LogP contribution in [0.25, 0.3) is 0 Å². The van der Waals surface area contributed by atoms with E-state index >= 15 is 0 Å². The molecule has 1 unspecified atom stereocenters. The van der Waals surface area contributed by atoms with E-state index in [1.807, 2.05) is 0 Å². The number of hydrogen-bond acceptors (Lipinski definition) is 2. The average molecular weight is 262 g/mol. The fourth-order valence-corrected chi connectivity index (χ4v) is 2.52. The predicted molar refractivity (Wildman–Crippen MR) is 85.9 cm³/mol. The van der Waals surface area contributed by atoms with Crippen LogP contribution >= 0.6 is 0 Å². The molecule has 0 bridgehead atoms. The molecule has 0 heterocycles. The van der Waals surface area contributed by atoms with Crippen molar-refractivity contribution in [2.45, 2.75) is 53.5 Å². The van der Waals surface area contributed by atoms with Crippen molar-refractivity contribution in [3.05, 3.63) is 29.3 Å². The van der Waals surface area contributed by atoms with Gasteiger partial charge in [-0.2, -0.15) is 0 Å². The van der Waals surface area contributed by atoms with Gasteiger partial charge in [0.25, 0.3) is 0 Å². The molecule has 2 heteroatoms. The van der Waals surface area contributed by atoms with E-state index < -0.39 is 0 Å². The van der Waals surface area contributed by atoms with Crippen LogP contribution in [-0.2, 0) is 6.42 Å². The molecule has 0 radical (unpaired) electrons. The van der Waals surface area contributed by atoms with Crippen LogP contribution < -0.4 is 10.6 Å². The van der Waals surface area contributed by atoms with Gasteiger partial charge >= 0.3 is 0 Å². The van der Waals surface area contributed by atoms with Gasteiger partial charge in [0.1, 0.15) is 0 Å². The first kappa shape index (κ1) is 16.0. The third-order valence-corrected chi connectivity index (χ3v) is 3.41. The van der Waals surface area contributed by atoms with Crippen LogP contribution in [0.2, 0.25) is 0 Å². The van der Waals surface area contributed by atoms with Gasteiger partial charge in [-0.05, 0) is 42.4 Å². The quantitative estimate of drug-likeness (QED) is 0.875. The van der Waals surface area contributed by atoms with E-state index in [-0.39, 0.29) is 6.04 Å². The highest BCUT2D eigenvalue weighted by Gasteiger charge is 2.15. The first-order valence-electron chi connectivity index (χ1n) is 7.29. The average Bonchev–Trinajstić information content (AvgIpc) is 2.26. The molecule has 0 spiro atoms. The predicted octanol–water partition coefficient (Wildman–Crippen LogP) is 3.76. The number of anilines is 1. The van der Waals surface area contributed by atoms with Gasteiger partial charge in [0.05, 0.1) is 0 Å². The van der Waals surface area contributed by atoms with E-state index in [0.717, 1.165) is 19.4 Å². The molecule has 0 saturated carbocycles. The normalized spacial score (nSPS) is 13.4. The molecule has 2 nitrogen and oxygen atoms in total. The van der Waals surface area contributed by atoms with Crippen LogP contribution in [0.5, 0.6) is 0 Å². The topological polar surface area (TPSA) is 29.3 Å². The fraction of sp³-hybridized carbons (Fsp3) is 0.647. The van der Waals surface area contributed by atoms with Crippen LogP contribution in [0.3, 0.4) is 0 Å². The summed E-state index contributed by atoms with van der Waals surface area (Å²) in [7, 11) is 2.17. The van der Waals surface area contributed by atoms with Gasteiger partial charge in [-0.15, -0.1) is 0 Å². The van der Waals surface area contributed by atoms with Crippen molar-refractivity contribution in [1.29, 1.82) is 0 Å². The lowest BCUT2D eigenvalue weighted by Gasteiger charge is -2.29. The van der Waals surface area contributed by atoms with E-state index in [2.05, 4.69) is 64.8 Å². The molecular weight excluding hydrogens is 232 g/mol. The fourth-order valence-electron chi connectivity index (χ4n) is 2.52. The Morgan fingerprint density at radius 3 is 2.37 bits per heavy atom. The van der Waals surface area contributed by atoms with Crippen molar-refractivity contribution in [2.24, 2.45) is 11.1 Å². The lowest BCUT2D eigenvalue weighted by Crippen LogP contribution is -2.29. The van der Waals surface area contributed by atoms with Crippen LogP contribution in [0.15, 0.2) is 18.2 Å². The van der Waals surface area contributed by atoms with Gasteiger partial charge < -0.3 is 10.6 Å². The zero-order valence-electron chi connectivity index (χ0n) is 13.5. The van der Waals surface area contributed by atoms with E-state index in [0.29, 0.717) is 5.41 Å². The molecule has 0 amide bonds.